The van der Waals surface area contributed by atoms with Gasteiger partial charge in [-0.2, -0.15) is 0 Å². The Labute approximate surface area is 65.5 Å². The number of hydrogen-bond acceptors (Lipinski definition) is 0. The summed E-state index contributed by atoms with van der Waals surface area (Å²) in [7, 11) is 0. The third-order valence-corrected chi connectivity index (χ3v) is 3.53. The molecule has 52 valence electrons. The summed E-state index contributed by atoms with van der Waals surface area (Å²) in [5.41, 5.74) is 0.599. The molecular weight excluding hydrogens is 176 g/mol. The standard InChI is InChI=1S/C8H13Br/c1-3-4-8(6-9)5-7(8)2/h3,7H,1,4-6H2,2H3. The zero-order valence-electron chi connectivity index (χ0n) is 5.86. The summed E-state index contributed by atoms with van der Waals surface area (Å²) in [5, 5.41) is 1.15. The molecule has 0 spiro atoms. The van der Waals surface area contributed by atoms with Crippen LogP contribution >= 0.6 is 15.9 Å². The summed E-state index contributed by atoms with van der Waals surface area (Å²) in [6.45, 7) is 6.06. The zero-order valence-corrected chi connectivity index (χ0v) is 7.45. The van der Waals surface area contributed by atoms with Gasteiger partial charge in [-0.05, 0) is 24.2 Å². The fourth-order valence-corrected chi connectivity index (χ4v) is 2.37. The van der Waals surface area contributed by atoms with Gasteiger partial charge in [0.15, 0.2) is 0 Å². The molecule has 0 bridgehead atoms. The molecule has 0 saturated heterocycles. The highest BCUT2D eigenvalue weighted by Gasteiger charge is 2.48. The van der Waals surface area contributed by atoms with Crippen LogP contribution in [0.1, 0.15) is 19.8 Å². The highest BCUT2D eigenvalue weighted by atomic mass is 79.9. The molecule has 1 aliphatic carbocycles. The number of alkyl halides is 1. The normalized spacial score (nSPS) is 40.4. The largest absolute Gasteiger partial charge is 0.103 e. The van der Waals surface area contributed by atoms with Crippen LogP contribution in [0.25, 0.3) is 0 Å². The highest BCUT2D eigenvalue weighted by Crippen LogP contribution is 2.56. The third kappa shape index (κ3) is 1.21. The molecule has 0 aliphatic heterocycles. The molecule has 9 heavy (non-hydrogen) atoms. The van der Waals surface area contributed by atoms with Crippen molar-refractivity contribution in [2.45, 2.75) is 19.8 Å². The first-order valence-corrected chi connectivity index (χ1v) is 4.54. The van der Waals surface area contributed by atoms with Crippen molar-refractivity contribution in [1.29, 1.82) is 0 Å². The smallest absolute Gasteiger partial charge is 0.00935 e. The van der Waals surface area contributed by atoms with Crippen molar-refractivity contribution in [3.05, 3.63) is 12.7 Å². The van der Waals surface area contributed by atoms with Gasteiger partial charge in [-0.15, -0.1) is 6.58 Å². The van der Waals surface area contributed by atoms with Gasteiger partial charge in [-0.25, -0.2) is 0 Å². The van der Waals surface area contributed by atoms with Crippen molar-refractivity contribution >= 4 is 15.9 Å². The summed E-state index contributed by atoms with van der Waals surface area (Å²) < 4.78 is 0. The Morgan fingerprint density at radius 1 is 1.89 bits per heavy atom. The molecule has 1 heteroatoms. The van der Waals surface area contributed by atoms with Gasteiger partial charge in [0.1, 0.15) is 0 Å². The van der Waals surface area contributed by atoms with Gasteiger partial charge in [0.25, 0.3) is 0 Å². The van der Waals surface area contributed by atoms with Gasteiger partial charge in [0.2, 0.25) is 0 Å². The van der Waals surface area contributed by atoms with E-state index in [-0.39, 0.29) is 0 Å². The Bertz CT molecular complexity index is 116. The predicted octanol–water partition coefficient (Wildman–Crippen LogP) is 2.98. The van der Waals surface area contributed by atoms with Gasteiger partial charge in [-0.3, -0.25) is 0 Å². The van der Waals surface area contributed by atoms with E-state index in [1.165, 1.54) is 12.8 Å². The van der Waals surface area contributed by atoms with Crippen LogP contribution in [0.15, 0.2) is 12.7 Å². The van der Waals surface area contributed by atoms with E-state index in [2.05, 4.69) is 29.4 Å². The van der Waals surface area contributed by atoms with Crippen molar-refractivity contribution in [1.82, 2.24) is 0 Å². The Kier molecular flexibility index (Phi) is 2.00. The highest BCUT2D eigenvalue weighted by molar-refractivity contribution is 9.09. The molecule has 0 nitrogen and oxygen atoms in total. The Hall–Kier alpha value is 0.220. The summed E-state index contributed by atoms with van der Waals surface area (Å²) in [5.74, 6) is 0.912. The molecule has 0 amide bonds. The van der Waals surface area contributed by atoms with Crippen LogP contribution in [0.2, 0.25) is 0 Å². The van der Waals surface area contributed by atoms with E-state index in [0.717, 1.165) is 11.2 Å². The second kappa shape index (κ2) is 2.45. The molecule has 2 atom stereocenters. The van der Waals surface area contributed by atoms with Gasteiger partial charge in [0, 0.05) is 5.33 Å². The lowest BCUT2D eigenvalue weighted by atomic mass is 10.0. The molecular formula is C8H13Br. The Morgan fingerprint density at radius 2 is 2.44 bits per heavy atom. The Morgan fingerprint density at radius 3 is 2.56 bits per heavy atom. The molecule has 0 N–H and O–H groups in total. The van der Waals surface area contributed by atoms with E-state index >= 15 is 0 Å². The van der Waals surface area contributed by atoms with Crippen molar-refractivity contribution < 1.29 is 0 Å². The number of rotatable bonds is 3. The molecule has 0 aromatic heterocycles. The van der Waals surface area contributed by atoms with Crippen LogP contribution in [0.4, 0.5) is 0 Å². The van der Waals surface area contributed by atoms with E-state index in [0.29, 0.717) is 5.41 Å². The minimum atomic E-state index is 0.599. The third-order valence-electron chi connectivity index (χ3n) is 2.41. The van der Waals surface area contributed by atoms with Crippen molar-refractivity contribution in [3.8, 4) is 0 Å². The predicted molar refractivity (Wildman–Crippen MR) is 44.8 cm³/mol. The first kappa shape index (κ1) is 7.33. The van der Waals surface area contributed by atoms with Crippen LogP contribution < -0.4 is 0 Å². The van der Waals surface area contributed by atoms with Crippen LogP contribution in [-0.2, 0) is 0 Å². The fourth-order valence-electron chi connectivity index (χ4n) is 1.36. The second-order valence-electron chi connectivity index (χ2n) is 3.09. The van der Waals surface area contributed by atoms with Crippen molar-refractivity contribution in [3.63, 3.8) is 0 Å². The average Bonchev–Trinajstić information content (AvgIpc) is 2.45. The lowest BCUT2D eigenvalue weighted by molar-refractivity contribution is 0.545. The summed E-state index contributed by atoms with van der Waals surface area (Å²) in [6.07, 6.45) is 4.59. The van der Waals surface area contributed by atoms with Gasteiger partial charge < -0.3 is 0 Å². The monoisotopic (exact) mass is 188 g/mol. The topological polar surface area (TPSA) is 0 Å². The zero-order chi connectivity index (χ0) is 6.91. The average molecular weight is 189 g/mol. The maximum Gasteiger partial charge on any atom is 0.00935 e. The molecule has 0 aromatic carbocycles. The van der Waals surface area contributed by atoms with Gasteiger partial charge in [-0.1, -0.05) is 28.9 Å². The molecule has 1 fully saturated rings. The van der Waals surface area contributed by atoms with Crippen LogP contribution in [0.5, 0.6) is 0 Å². The maximum absolute atomic E-state index is 3.75. The first-order valence-electron chi connectivity index (χ1n) is 3.42. The molecule has 1 saturated carbocycles. The maximum atomic E-state index is 3.75. The molecule has 0 aromatic rings. The minimum Gasteiger partial charge on any atom is -0.103 e. The van der Waals surface area contributed by atoms with Crippen LogP contribution in [0, 0.1) is 11.3 Å². The van der Waals surface area contributed by atoms with Crippen molar-refractivity contribution in [2.24, 2.45) is 11.3 Å². The molecule has 0 radical (unpaired) electrons. The fraction of sp³-hybridized carbons (Fsp3) is 0.750. The van der Waals surface area contributed by atoms with Crippen molar-refractivity contribution in [2.75, 3.05) is 5.33 Å². The molecule has 2 unspecified atom stereocenters. The van der Waals surface area contributed by atoms with Gasteiger partial charge in [0.05, 0.1) is 0 Å². The van der Waals surface area contributed by atoms with E-state index in [1.807, 2.05) is 6.08 Å². The number of hydrogen-bond donors (Lipinski definition) is 0. The Balaban J connectivity index is 2.41. The quantitative estimate of drug-likeness (QED) is 0.473. The molecule has 1 rings (SSSR count). The van der Waals surface area contributed by atoms with Crippen LogP contribution in [0.3, 0.4) is 0 Å². The molecule has 0 heterocycles. The summed E-state index contributed by atoms with van der Waals surface area (Å²) >= 11 is 3.53. The van der Waals surface area contributed by atoms with E-state index < -0.39 is 0 Å². The summed E-state index contributed by atoms with van der Waals surface area (Å²) in [6, 6.07) is 0. The van der Waals surface area contributed by atoms with E-state index in [4.69, 9.17) is 0 Å². The van der Waals surface area contributed by atoms with Gasteiger partial charge >= 0.3 is 0 Å². The molecule has 1 aliphatic rings. The first-order chi connectivity index (χ1) is 4.25. The number of allylic oxidation sites excluding steroid dienone is 1. The number of halogens is 1. The van der Waals surface area contributed by atoms with E-state index in [1.54, 1.807) is 0 Å². The second-order valence-corrected chi connectivity index (χ2v) is 3.65. The lowest BCUT2D eigenvalue weighted by Gasteiger charge is -2.07. The van der Waals surface area contributed by atoms with E-state index in [9.17, 15) is 0 Å². The van der Waals surface area contributed by atoms with Crippen LogP contribution in [-0.4, -0.2) is 5.33 Å². The lowest BCUT2D eigenvalue weighted by Crippen LogP contribution is -2.02. The summed E-state index contributed by atoms with van der Waals surface area (Å²) in [4.78, 5) is 0. The minimum absolute atomic E-state index is 0.599. The SMILES string of the molecule is C=CCC1(CBr)CC1C.